The predicted octanol–water partition coefficient (Wildman–Crippen LogP) is 3.83. The van der Waals surface area contributed by atoms with Crippen molar-refractivity contribution >= 4 is 12.2 Å². The highest BCUT2D eigenvalue weighted by Crippen LogP contribution is 2.11. The molecule has 0 atom stereocenters. The molecule has 0 unspecified atom stereocenters. The fourth-order valence-electron chi connectivity index (χ4n) is 1.51. The summed E-state index contributed by atoms with van der Waals surface area (Å²) >= 11 is 0. The van der Waals surface area contributed by atoms with Crippen LogP contribution in [0.25, 0.3) is 0 Å². The lowest BCUT2D eigenvalue weighted by atomic mass is 10.1. The minimum absolute atomic E-state index is 0.347. The zero-order chi connectivity index (χ0) is 15.9. The molecule has 0 saturated carbocycles. The van der Waals surface area contributed by atoms with Gasteiger partial charge in [-0.05, 0) is 32.6 Å². The fourth-order valence-corrected chi connectivity index (χ4v) is 1.51. The standard InChI is InChI=1S/C10H15NO3.C5H11NO/c1-3-5-6-9-8(7-14-11-9)10(12)13-4-2;1-2-3-4-5-6-7/h7H,3-6H2,1-2H3;5,7H,2-4H2,1H3. The monoisotopic (exact) mass is 298 g/mol. The summed E-state index contributed by atoms with van der Waals surface area (Å²) in [6.45, 7) is 6.34. The van der Waals surface area contributed by atoms with E-state index in [-0.39, 0.29) is 5.97 Å². The first-order chi connectivity index (χ1) is 10.2. The Morgan fingerprint density at radius 2 is 2.10 bits per heavy atom. The van der Waals surface area contributed by atoms with E-state index in [1.807, 2.05) is 0 Å². The van der Waals surface area contributed by atoms with E-state index in [9.17, 15) is 4.79 Å². The van der Waals surface area contributed by atoms with E-state index in [1.165, 1.54) is 12.5 Å². The highest BCUT2D eigenvalue weighted by atomic mass is 16.5. The lowest BCUT2D eigenvalue weighted by Gasteiger charge is -1.99. The van der Waals surface area contributed by atoms with E-state index in [0.29, 0.717) is 17.9 Å². The van der Waals surface area contributed by atoms with Gasteiger partial charge in [0.15, 0.2) is 0 Å². The molecule has 0 aromatic carbocycles. The molecule has 0 aliphatic carbocycles. The summed E-state index contributed by atoms with van der Waals surface area (Å²) in [5, 5.41) is 14.5. The normalized spacial score (nSPS) is 10.2. The van der Waals surface area contributed by atoms with Crippen LogP contribution in [0.2, 0.25) is 0 Å². The first kappa shape index (κ1) is 19.1. The van der Waals surface area contributed by atoms with Crippen molar-refractivity contribution in [2.45, 2.75) is 59.3 Å². The van der Waals surface area contributed by atoms with Crippen LogP contribution in [0, 0.1) is 0 Å². The maximum absolute atomic E-state index is 11.4. The van der Waals surface area contributed by atoms with Crippen LogP contribution in [0.5, 0.6) is 0 Å². The number of carbonyl (C=O) groups is 1. The lowest BCUT2D eigenvalue weighted by Crippen LogP contribution is -2.06. The van der Waals surface area contributed by atoms with Gasteiger partial charge in [0, 0.05) is 6.21 Å². The van der Waals surface area contributed by atoms with Crippen LogP contribution in [0.15, 0.2) is 15.9 Å². The highest BCUT2D eigenvalue weighted by Gasteiger charge is 2.15. The molecule has 6 nitrogen and oxygen atoms in total. The number of hydrogen-bond donors (Lipinski definition) is 1. The van der Waals surface area contributed by atoms with Crippen molar-refractivity contribution in [3.05, 3.63) is 17.5 Å². The first-order valence-electron chi connectivity index (χ1n) is 7.47. The second kappa shape index (κ2) is 13.1. The lowest BCUT2D eigenvalue weighted by molar-refractivity contribution is 0.0524. The molecule has 0 aliphatic rings. The first-order valence-corrected chi connectivity index (χ1v) is 7.47. The molecule has 1 aromatic heterocycles. The number of ether oxygens (including phenoxy) is 1. The van der Waals surface area contributed by atoms with Gasteiger partial charge in [-0.15, -0.1) is 5.16 Å². The van der Waals surface area contributed by atoms with Crippen molar-refractivity contribution in [3.63, 3.8) is 0 Å². The average Bonchev–Trinajstić information content (AvgIpc) is 2.95. The third kappa shape index (κ3) is 8.83. The van der Waals surface area contributed by atoms with Crippen LogP contribution in [0.3, 0.4) is 0 Å². The van der Waals surface area contributed by atoms with Gasteiger partial charge in [0.05, 0.1) is 12.3 Å². The van der Waals surface area contributed by atoms with Crippen LogP contribution in [0.1, 0.15) is 68.9 Å². The van der Waals surface area contributed by atoms with E-state index in [4.69, 9.17) is 14.5 Å². The van der Waals surface area contributed by atoms with Crippen LogP contribution in [-0.2, 0) is 11.2 Å². The summed E-state index contributed by atoms with van der Waals surface area (Å²) in [5.41, 5.74) is 1.16. The van der Waals surface area contributed by atoms with Gasteiger partial charge in [-0.2, -0.15) is 0 Å². The summed E-state index contributed by atoms with van der Waals surface area (Å²) in [5.74, 6) is -0.347. The number of esters is 1. The molecular weight excluding hydrogens is 272 g/mol. The number of unbranched alkanes of at least 4 members (excludes halogenated alkanes) is 3. The quantitative estimate of drug-likeness (QED) is 0.259. The summed E-state index contributed by atoms with van der Waals surface area (Å²) < 4.78 is 9.63. The molecule has 0 amide bonds. The molecule has 0 fully saturated rings. The van der Waals surface area contributed by atoms with Gasteiger partial charge in [0.1, 0.15) is 11.8 Å². The minimum Gasteiger partial charge on any atom is -0.462 e. The van der Waals surface area contributed by atoms with Gasteiger partial charge in [-0.3, -0.25) is 0 Å². The van der Waals surface area contributed by atoms with E-state index >= 15 is 0 Å². The average molecular weight is 298 g/mol. The largest absolute Gasteiger partial charge is 0.462 e. The zero-order valence-electron chi connectivity index (χ0n) is 13.2. The number of aromatic nitrogens is 1. The molecule has 120 valence electrons. The molecule has 0 saturated heterocycles. The van der Waals surface area contributed by atoms with Crippen LogP contribution in [0.4, 0.5) is 0 Å². The predicted molar refractivity (Wildman–Crippen MR) is 80.9 cm³/mol. The molecular formula is C15H26N2O4. The maximum Gasteiger partial charge on any atom is 0.343 e. The Bertz CT molecular complexity index is 402. The van der Waals surface area contributed by atoms with Gasteiger partial charge in [0.2, 0.25) is 0 Å². The van der Waals surface area contributed by atoms with Crippen molar-refractivity contribution in [1.82, 2.24) is 5.16 Å². The SMILES string of the molecule is CCCCC=NO.CCCCc1nocc1C(=O)OCC. The molecule has 6 heteroatoms. The smallest absolute Gasteiger partial charge is 0.343 e. The molecule has 0 radical (unpaired) electrons. The fraction of sp³-hybridized carbons (Fsp3) is 0.667. The molecule has 0 bridgehead atoms. The summed E-state index contributed by atoms with van der Waals surface area (Å²) in [6.07, 6.45) is 8.87. The number of carbonyl (C=O) groups excluding carboxylic acids is 1. The number of rotatable bonds is 8. The van der Waals surface area contributed by atoms with Gasteiger partial charge in [-0.25, -0.2) is 4.79 Å². The van der Waals surface area contributed by atoms with Crippen molar-refractivity contribution in [1.29, 1.82) is 0 Å². The van der Waals surface area contributed by atoms with Crippen molar-refractivity contribution < 1.29 is 19.3 Å². The third-order valence-electron chi connectivity index (χ3n) is 2.68. The number of nitrogens with zero attached hydrogens (tertiary/aromatic N) is 2. The Kier molecular flexibility index (Phi) is 12.0. The Morgan fingerprint density at radius 3 is 2.67 bits per heavy atom. The third-order valence-corrected chi connectivity index (χ3v) is 2.68. The Balaban J connectivity index is 0.000000486. The number of hydrogen-bond acceptors (Lipinski definition) is 6. The van der Waals surface area contributed by atoms with Crippen LogP contribution >= 0.6 is 0 Å². The highest BCUT2D eigenvalue weighted by molar-refractivity contribution is 5.90. The van der Waals surface area contributed by atoms with Crippen LogP contribution < -0.4 is 0 Å². The summed E-state index contributed by atoms with van der Waals surface area (Å²) in [6, 6.07) is 0. The zero-order valence-corrected chi connectivity index (χ0v) is 13.2. The molecule has 1 rings (SSSR count). The van der Waals surface area contributed by atoms with E-state index in [1.54, 1.807) is 6.92 Å². The minimum atomic E-state index is -0.347. The Morgan fingerprint density at radius 1 is 1.38 bits per heavy atom. The number of oxime groups is 1. The summed E-state index contributed by atoms with van der Waals surface area (Å²) in [7, 11) is 0. The molecule has 1 aromatic rings. The van der Waals surface area contributed by atoms with Gasteiger partial charge < -0.3 is 14.5 Å². The topological polar surface area (TPSA) is 84.9 Å². The van der Waals surface area contributed by atoms with Gasteiger partial charge in [0.25, 0.3) is 0 Å². The van der Waals surface area contributed by atoms with Crippen molar-refractivity contribution in [2.75, 3.05) is 6.61 Å². The number of aryl methyl sites for hydroxylation is 1. The van der Waals surface area contributed by atoms with Crippen molar-refractivity contribution in [2.24, 2.45) is 5.16 Å². The Hall–Kier alpha value is -1.85. The molecule has 21 heavy (non-hydrogen) atoms. The van der Waals surface area contributed by atoms with Crippen molar-refractivity contribution in [3.8, 4) is 0 Å². The Labute approximate surface area is 126 Å². The van der Waals surface area contributed by atoms with E-state index in [2.05, 4.69) is 24.2 Å². The second-order valence-corrected chi connectivity index (χ2v) is 4.44. The van der Waals surface area contributed by atoms with E-state index in [0.717, 1.165) is 38.5 Å². The molecule has 1 heterocycles. The van der Waals surface area contributed by atoms with E-state index < -0.39 is 0 Å². The van der Waals surface area contributed by atoms with Gasteiger partial charge in [-0.1, -0.05) is 31.8 Å². The molecule has 1 N–H and O–H groups in total. The molecule has 0 spiro atoms. The summed E-state index contributed by atoms with van der Waals surface area (Å²) in [4.78, 5) is 11.4. The maximum atomic E-state index is 11.4. The molecule has 0 aliphatic heterocycles. The van der Waals surface area contributed by atoms with Crippen LogP contribution in [-0.4, -0.2) is 29.2 Å². The second-order valence-electron chi connectivity index (χ2n) is 4.44. The van der Waals surface area contributed by atoms with Gasteiger partial charge >= 0.3 is 5.97 Å².